The van der Waals surface area contributed by atoms with Crippen LogP contribution < -0.4 is 0 Å². The summed E-state index contributed by atoms with van der Waals surface area (Å²) in [6.45, 7) is 5.84. The maximum Gasteiger partial charge on any atom is 0.167 e. The van der Waals surface area contributed by atoms with Gasteiger partial charge in [0.15, 0.2) is 11.6 Å². The number of rotatable bonds is 2. The van der Waals surface area contributed by atoms with Crippen molar-refractivity contribution in [3.8, 4) is 0 Å². The van der Waals surface area contributed by atoms with Gasteiger partial charge in [-0.2, -0.15) is 0 Å². The van der Waals surface area contributed by atoms with Gasteiger partial charge in [-0.1, -0.05) is 13.3 Å². The first-order valence-corrected chi connectivity index (χ1v) is 5.43. The summed E-state index contributed by atoms with van der Waals surface area (Å²) in [5.74, 6) is -0.143. The van der Waals surface area contributed by atoms with Crippen LogP contribution in [0.1, 0.15) is 40.0 Å². The Morgan fingerprint density at radius 3 is 2.71 bits per heavy atom. The van der Waals surface area contributed by atoms with Crippen molar-refractivity contribution >= 4 is 5.78 Å². The normalized spacial score (nSPS) is 40.2. The lowest BCUT2D eigenvalue weighted by atomic mass is 10.0. The number of hydrogen-bond donors (Lipinski definition) is 0. The highest BCUT2D eigenvalue weighted by Gasteiger charge is 2.52. The molecule has 0 amide bonds. The molecule has 1 heterocycles. The van der Waals surface area contributed by atoms with Crippen LogP contribution in [0.4, 0.5) is 0 Å². The van der Waals surface area contributed by atoms with E-state index in [1.165, 1.54) is 0 Å². The van der Waals surface area contributed by atoms with Crippen LogP contribution in [0.25, 0.3) is 0 Å². The number of ketones is 1. The first kappa shape index (κ1) is 10.1. The van der Waals surface area contributed by atoms with E-state index in [0.717, 1.165) is 19.3 Å². The fourth-order valence-corrected chi connectivity index (χ4v) is 2.49. The van der Waals surface area contributed by atoms with E-state index in [-0.39, 0.29) is 23.9 Å². The summed E-state index contributed by atoms with van der Waals surface area (Å²) in [6, 6.07) is 0. The van der Waals surface area contributed by atoms with E-state index in [9.17, 15) is 4.79 Å². The zero-order valence-electron chi connectivity index (χ0n) is 9.08. The molecule has 0 spiro atoms. The van der Waals surface area contributed by atoms with Gasteiger partial charge in [-0.25, -0.2) is 0 Å². The number of ether oxygens (including phenoxy) is 2. The third kappa shape index (κ3) is 1.59. The predicted molar refractivity (Wildman–Crippen MR) is 51.8 cm³/mol. The fourth-order valence-electron chi connectivity index (χ4n) is 2.49. The SMILES string of the molecule is CCCC1C[C@H]2OC(C)(C)O[C@H]2C1=O. The first-order valence-electron chi connectivity index (χ1n) is 5.43. The third-order valence-electron chi connectivity index (χ3n) is 3.02. The summed E-state index contributed by atoms with van der Waals surface area (Å²) in [7, 11) is 0. The van der Waals surface area contributed by atoms with Crippen LogP contribution in [0.2, 0.25) is 0 Å². The molecule has 0 N–H and O–H groups in total. The topological polar surface area (TPSA) is 35.5 Å². The Bertz CT molecular complexity index is 247. The van der Waals surface area contributed by atoms with Crippen molar-refractivity contribution in [2.24, 2.45) is 5.92 Å². The fraction of sp³-hybridized carbons (Fsp3) is 0.909. The molecular formula is C11H18O3. The van der Waals surface area contributed by atoms with E-state index < -0.39 is 5.79 Å². The molecule has 1 aliphatic heterocycles. The van der Waals surface area contributed by atoms with Gasteiger partial charge in [-0.05, 0) is 26.7 Å². The summed E-state index contributed by atoms with van der Waals surface area (Å²) in [6.07, 6.45) is 2.59. The Morgan fingerprint density at radius 2 is 2.14 bits per heavy atom. The Morgan fingerprint density at radius 1 is 1.43 bits per heavy atom. The highest BCUT2D eigenvalue weighted by molar-refractivity contribution is 5.88. The molecule has 80 valence electrons. The Balaban J connectivity index is 2.04. The van der Waals surface area contributed by atoms with Crippen molar-refractivity contribution < 1.29 is 14.3 Å². The van der Waals surface area contributed by atoms with Crippen molar-refractivity contribution in [2.45, 2.75) is 58.0 Å². The van der Waals surface area contributed by atoms with E-state index in [2.05, 4.69) is 6.92 Å². The number of hydrogen-bond acceptors (Lipinski definition) is 3. The molecule has 2 rings (SSSR count). The minimum absolute atomic E-state index is 0.00838. The Kier molecular flexibility index (Phi) is 2.40. The second-order valence-electron chi connectivity index (χ2n) is 4.72. The number of Topliss-reactive ketones (excluding diaryl/α,β-unsaturated/α-hetero) is 1. The molecule has 3 heteroatoms. The van der Waals surface area contributed by atoms with Crippen LogP contribution in [0, 0.1) is 5.92 Å². The highest BCUT2D eigenvalue weighted by atomic mass is 16.8. The second kappa shape index (κ2) is 3.31. The molecule has 1 saturated carbocycles. The molecule has 3 atom stereocenters. The van der Waals surface area contributed by atoms with Gasteiger partial charge in [0, 0.05) is 5.92 Å². The van der Waals surface area contributed by atoms with Crippen LogP contribution in [-0.2, 0) is 14.3 Å². The van der Waals surface area contributed by atoms with Crippen molar-refractivity contribution in [3.63, 3.8) is 0 Å². The minimum atomic E-state index is -0.567. The van der Waals surface area contributed by atoms with Gasteiger partial charge >= 0.3 is 0 Å². The van der Waals surface area contributed by atoms with Crippen molar-refractivity contribution in [2.75, 3.05) is 0 Å². The molecule has 0 bridgehead atoms. The Labute approximate surface area is 84.8 Å². The number of carbonyl (C=O) groups excluding carboxylic acids is 1. The lowest BCUT2D eigenvalue weighted by Crippen LogP contribution is -2.27. The zero-order valence-corrected chi connectivity index (χ0v) is 9.08. The molecule has 0 aromatic carbocycles. The van der Waals surface area contributed by atoms with Crippen molar-refractivity contribution in [1.82, 2.24) is 0 Å². The lowest BCUT2D eigenvalue weighted by molar-refractivity contribution is -0.162. The van der Waals surface area contributed by atoms with Gasteiger partial charge in [-0.15, -0.1) is 0 Å². The molecule has 0 aromatic rings. The standard InChI is InChI=1S/C11H18O3/c1-4-5-7-6-8-10(9(7)12)14-11(2,3)13-8/h7-8,10H,4-6H2,1-3H3/t7?,8-,10-/m1/s1. The van der Waals surface area contributed by atoms with Gasteiger partial charge in [0.1, 0.15) is 6.10 Å². The summed E-state index contributed by atoms with van der Waals surface area (Å²) < 4.78 is 11.3. The van der Waals surface area contributed by atoms with Crippen LogP contribution in [0.5, 0.6) is 0 Å². The number of fused-ring (bicyclic) bond motifs is 1. The molecule has 3 nitrogen and oxygen atoms in total. The van der Waals surface area contributed by atoms with E-state index in [0.29, 0.717) is 0 Å². The summed E-state index contributed by atoms with van der Waals surface area (Å²) in [4.78, 5) is 11.9. The molecule has 1 unspecified atom stereocenters. The average Bonchev–Trinajstić information content (AvgIpc) is 2.50. The van der Waals surface area contributed by atoms with E-state index in [4.69, 9.17) is 9.47 Å². The van der Waals surface area contributed by atoms with Crippen molar-refractivity contribution in [1.29, 1.82) is 0 Å². The van der Waals surface area contributed by atoms with Gasteiger partial charge in [0.2, 0.25) is 0 Å². The molecule has 14 heavy (non-hydrogen) atoms. The van der Waals surface area contributed by atoms with E-state index in [1.54, 1.807) is 0 Å². The van der Waals surface area contributed by atoms with Crippen LogP contribution in [0.3, 0.4) is 0 Å². The maximum atomic E-state index is 11.9. The second-order valence-corrected chi connectivity index (χ2v) is 4.72. The third-order valence-corrected chi connectivity index (χ3v) is 3.02. The Hall–Kier alpha value is -0.410. The molecular weight excluding hydrogens is 180 g/mol. The monoisotopic (exact) mass is 198 g/mol. The largest absolute Gasteiger partial charge is 0.344 e. The highest BCUT2D eigenvalue weighted by Crippen LogP contribution is 2.40. The van der Waals surface area contributed by atoms with Crippen LogP contribution >= 0.6 is 0 Å². The summed E-state index contributed by atoms with van der Waals surface area (Å²) in [5, 5.41) is 0. The maximum absolute atomic E-state index is 11.9. The summed E-state index contributed by atoms with van der Waals surface area (Å²) in [5.41, 5.74) is 0. The van der Waals surface area contributed by atoms with E-state index in [1.807, 2.05) is 13.8 Å². The van der Waals surface area contributed by atoms with E-state index >= 15 is 0 Å². The predicted octanol–water partition coefficient (Wildman–Crippen LogP) is 1.90. The van der Waals surface area contributed by atoms with Gasteiger partial charge in [0.05, 0.1) is 6.10 Å². The number of carbonyl (C=O) groups is 1. The van der Waals surface area contributed by atoms with Gasteiger partial charge < -0.3 is 9.47 Å². The smallest absolute Gasteiger partial charge is 0.167 e. The molecule has 0 radical (unpaired) electrons. The molecule has 2 fully saturated rings. The van der Waals surface area contributed by atoms with Gasteiger partial charge in [-0.3, -0.25) is 4.79 Å². The first-order chi connectivity index (χ1) is 6.53. The summed E-state index contributed by atoms with van der Waals surface area (Å²) >= 11 is 0. The van der Waals surface area contributed by atoms with Crippen LogP contribution in [0.15, 0.2) is 0 Å². The van der Waals surface area contributed by atoms with Gasteiger partial charge in [0.25, 0.3) is 0 Å². The average molecular weight is 198 g/mol. The van der Waals surface area contributed by atoms with Crippen molar-refractivity contribution in [3.05, 3.63) is 0 Å². The molecule has 0 aromatic heterocycles. The quantitative estimate of drug-likeness (QED) is 0.679. The minimum Gasteiger partial charge on any atom is -0.344 e. The molecule has 1 aliphatic carbocycles. The zero-order chi connectivity index (χ0) is 10.3. The van der Waals surface area contributed by atoms with Crippen LogP contribution in [-0.4, -0.2) is 23.8 Å². The molecule has 2 aliphatic rings. The lowest BCUT2D eigenvalue weighted by Gasteiger charge is -2.19. The molecule has 1 saturated heterocycles.